The largest absolute Gasteiger partial charge is 0.476 e. The minimum absolute atomic E-state index is 0.105. The van der Waals surface area contributed by atoms with Crippen LogP contribution in [0.3, 0.4) is 0 Å². The lowest BCUT2D eigenvalue weighted by atomic mass is 10.3. The van der Waals surface area contributed by atoms with Crippen LogP contribution in [0.5, 0.6) is 0 Å². The summed E-state index contributed by atoms with van der Waals surface area (Å²) in [7, 11) is 3.15. The number of hydrogen-bond donors (Lipinski definition) is 1. The van der Waals surface area contributed by atoms with Crippen LogP contribution in [0.1, 0.15) is 27.4 Å². The van der Waals surface area contributed by atoms with E-state index >= 15 is 0 Å². The highest BCUT2D eigenvalue weighted by Crippen LogP contribution is 2.03. The zero-order valence-electron chi connectivity index (χ0n) is 12.1. The van der Waals surface area contributed by atoms with Gasteiger partial charge in [0.15, 0.2) is 5.69 Å². The lowest BCUT2D eigenvalue weighted by Crippen LogP contribution is -2.35. The molecule has 1 heterocycles. The van der Waals surface area contributed by atoms with Gasteiger partial charge in [0.1, 0.15) is 5.69 Å². The molecule has 0 fully saturated rings. The topological polar surface area (TPSA) is 102 Å². The average Bonchev–Trinajstić information content (AvgIpc) is 2.50. The van der Waals surface area contributed by atoms with Gasteiger partial charge in [0, 0.05) is 33.9 Å². The summed E-state index contributed by atoms with van der Waals surface area (Å²) in [5.74, 6) is -1.49. The molecule has 0 spiro atoms. The third-order valence-corrected chi connectivity index (χ3v) is 2.72. The van der Waals surface area contributed by atoms with E-state index in [0.29, 0.717) is 32.7 Å². The number of carbonyl (C=O) groups is 2. The summed E-state index contributed by atoms with van der Waals surface area (Å²) in [6.07, 6.45) is 2.92. The van der Waals surface area contributed by atoms with Gasteiger partial charge in [0.25, 0.3) is 5.91 Å². The molecule has 0 aliphatic heterocycles. The first-order valence-electron chi connectivity index (χ1n) is 6.42. The predicted molar refractivity (Wildman–Crippen MR) is 73.3 cm³/mol. The number of carboxylic acids is 1. The van der Waals surface area contributed by atoms with Gasteiger partial charge in [-0.15, -0.1) is 0 Å². The van der Waals surface area contributed by atoms with E-state index in [2.05, 4.69) is 9.97 Å². The Kier molecular flexibility index (Phi) is 7.27. The summed E-state index contributed by atoms with van der Waals surface area (Å²) in [6, 6.07) is 0. The van der Waals surface area contributed by atoms with Crippen LogP contribution in [0.15, 0.2) is 12.4 Å². The Hall–Kier alpha value is -2.06. The average molecular weight is 297 g/mol. The van der Waals surface area contributed by atoms with Crippen molar-refractivity contribution in [3.8, 4) is 0 Å². The Balaban J connectivity index is 2.75. The van der Waals surface area contributed by atoms with Crippen LogP contribution >= 0.6 is 0 Å². The molecule has 1 aromatic heterocycles. The summed E-state index contributed by atoms with van der Waals surface area (Å²) in [4.78, 5) is 32.1. The molecule has 0 atom stereocenters. The number of ether oxygens (including phenoxy) is 2. The van der Waals surface area contributed by atoms with E-state index in [9.17, 15) is 9.59 Å². The van der Waals surface area contributed by atoms with Crippen LogP contribution in [-0.2, 0) is 9.47 Å². The number of amides is 1. The zero-order valence-corrected chi connectivity index (χ0v) is 12.1. The number of carbonyl (C=O) groups excluding carboxylic acids is 1. The number of aromatic carboxylic acids is 1. The molecule has 8 heteroatoms. The van der Waals surface area contributed by atoms with Crippen LogP contribution in [0.25, 0.3) is 0 Å². The molecule has 1 aromatic rings. The van der Waals surface area contributed by atoms with Crippen LogP contribution < -0.4 is 0 Å². The maximum Gasteiger partial charge on any atom is 0.356 e. The first-order valence-corrected chi connectivity index (χ1v) is 6.42. The van der Waals surface area contributed by atoms with Gasteiger partial charge in [-0.1, -0.05) is 0 Å². The van der Waals surface area contributed by atoms with E-state index in [1.807, 2.05) is 0 Å². The lowest BCUT2D eigenvalue weighted by Gasteiger charge is -2.21. The van der Waals surface area contributed by atoms with Gasteiger partial charge >= 0.3 is 5.97 Å². The quantitative estimate of drug-likeness (QED) is 0.654. The molecule has 0 aromatic carbocycles. The van der Waals surface area contributed by atoms with E-state index < -0.39 is 5.97 Å². The summed E-state index contributed by atoms with van der Waals surface area (Å²) in [5, 5.41) is 8.75. The predicted octanol–water partition coefficient (Wildman–Crippen LogP) is 0.300. The van der Waals surface area contributed by atoms with Crippen molar-refractivity contribution >= 4 is 11.9 Å². The number of carboxylic acid groups (broad SMARTS) is 1. The molecule has 116 valence electrons. The Morgan fingerprint density at radius 3 is 2.24 bits per heavy atom. The normalized spacial score (nSPS) is 10.4. The summed E-state index contributed by atoms with van der Waals surface area (Å²) < 4.78 is 9.94. The lowest BCUT2D eigenvalue weighted by molar-refractivity contribution is 0.0659. The third-order valence-electron chi connectivity index (χ3n) is 2.72. The molecule has 0 aliphatic rings. The summed E-state index contributed by atoms with van der Waals surface area (Å²) >= 11 is 0. The molecular weight excluding hydrogens is 278 g/mol. The highest BCUT2D eigenvalue weighted by molar-refractivity contribution is 5.92. The number of nitrogens with zero attached hydrogens (tertiary/aromatic N) is 3. The van der Waals surface area contributed by atoms with Crippen molar-refractivity contribution in [2.45, 2.75) is 6.42 Å². The van der Waals surface area contributed by atoms with Crippen molar-refractivity contribution in [1.82, 2.24) is 14.9 Å². The third kappa shape index (κ3) is 5.44. The van der Waals surface area contributed by atoms with Gasteiger partial charge in [-0.05, 0) is 6.42 Å². The van der Waals surface area contributed by atoms with Gasteiger partial charge in [0.05, 0.1) is 19.0 Å². The van der Waals surface area contributed by atoms with Crippen LogP contribution in [0, 0.1) is 0 Å². The van der Waals surface area contributed by atoms with Gasteiger partial charge in [-0.3, -0.25) is 4.79 Å². The van der Waals surface area contributed by atoms with Crippen molar-refractivity contribution < 1.29 is 24.2 Å². The van der Waals surface area contributed by atoms with Crippen molar-refractivity contribution in [3.05, 3.63) is 23.8 Å². The fraction of sp³-hybridized carbons (Fsp3) is 0.538. The van der Waals surface area contributed by atoms with Gasteiger partial charge in [-0.2, -0.15) is 0 Å². The Morgan fingerprint density at radius 2 is 1.71 bits per heavy atom. The molecule has 8 nitrogen and oxygen atoms in total. The first-order chi connectivity index (χ1) is 10.1. The molecule has 0 saturated carbocycles. The molecular formula is C13H19N3O5. The maximum absolute atomic E-state index is 12.3. The standard InChI is InChI=1S/C13H19N3O5/c1-20-6-3-4-16(5-7-21-2)12(17)10-8-15-11(9-14-10)13(18)19/h8-9H,3-7H2,1-2H3,(H,18,19). The van der Waals surface area contributed by atoms with Gasteiger partial charge in [0.2, 0.25) is 0 Å². The second-order valence-electron chi connectivity index (χ2n) is 4.22. The van der Waals surface area contributed by atoms with E-state index in [0.717, 1.165) is 6.20 Å². The maximum atomic E-state index is 12.3. The van der Waals surface area contributed by atoms with E-state index in [1.165, 1.54) is 6.20 Å². The number of aromatic nitrogens is 2. The zero-order chi connectivity index (χ0) is 15.7. The van der Waals surface area contributed by atoms with Gasteiger partial charge in [-0.25, -0.2) is 14.8 Å². The fourth-order valence-electron chi connectivity index (χ4n) is 1.63. The molecule has 0 radical (unpaired) electrons. The minimum atomic E-state index is -1.18. The van der Waals surface area contributed by atoms with Crippen molar-refractivity contribution in [2.75, 3.05) is 40.5 Å². The number of rotatable bonds is 9. The summed E-state index contributed by atoms with van der Waals surface area (Å²) in [6.45, 7) is 1.86. The molecule has 1 rings (SSSR count). The number of hydrogen-bond acceptors (Lipinski definition) is 6. The van der Waals surface area contributed by atoms with Crippen molar-refractivity contribution in [2.24, 2.45) is 0 Å². The van der Waals surface area contributed by atoms with Crippen molar-refractivity contribution in [3.63, 3.8) is 0 Å². The van der Waals surface area contributed by atoms with Crippen LogP contribution in [-0.4, -0.2) is 72.4 Å². The second-order valence-corrected chi connectivity index (χ2v) is 4.22. The summed E-state index contributed by atoms with van der Waals surface area (Å²) in [5.41, 5.74) is -0.0945. The number of methoxy groups -OCH3 is 2. The molecule has 0 unspecified atom stereocenters. The highest BCUT2D eigenvalue weighted by atomic mass is 16.5. The first kappa shape index (κ1) is 17.0. The van der Waals surface area contributed by atoms with Crippen LogP contribution in [0.2, 0.25) is 0 Å². The van der Waals surface area contributed by atoms with Crippen molar-refractivity contribution in [1.29, 1.82) is 0 Å². The molecule has 0 bridgehead atoms. The molecule has 1 N–H and O–H groups in total. The minimum Gasteiger partial charge on any atom is -0.476 e. The smallest absolute Gasteiger partial charge is 0.356 e. The molecule has 1 amide bonds. The van der Waals surface area contributed by atoms with Gasteiger partial charge < -0.3 is 19.5 Å². The molecule has 0 aliphatic carbocycles. The van der Waals surface area contributed by atoms with E-state index in [-0.39, 0.29) is 17.3 Å². The van der Waals surface area contributed by atoms with Crippen LogP contribution in [0.4, 0.5) is 0 Å². The fourth-order valence-corrected chi connectivity index (χ4v) is 1.63. The SMILES string of the molecule is COCCCN(CCOC)C(=O)c1cnc(C(=O)O)cn1. The highest BCUT2D eigenvalue weighted by Gasteiger charge is 2.17. The Morgan fingerprint density at radius 1 is 1.10 bits per heavy atom. The molecule has 21 heavy (non-hydrogen) atoms. The Bertz CT molecular complexity index is 463. The molecule has 0 saturated heterocycles. The van der Waals surface area contributed by atoms with E-state index in [4.69, 9.17) is 14.6 Å². The second kappa shape index (κ2) is 8.98. The van der Waals surface area contributed by atoms with E-state index in [1.54, 1.807) is 19.1 Å². The monoisotopic (exact) mass is 297 g/mol. The Labute approximate surface area is 122 Å².